The number of para-hydroxylation sites is 1. The maximum absolute atomic E-state index is 12.5. The highest BCUT2D eigenvalue weighted by molar-refractivity contribution is 6.14. The van der Waals surface area contributed by atoms with Gasteiger partial charge >= 0.3 is 0 Å². The Kier molecular flexibility index (Phi) is 5.14. The molecule has 0 radical (unpaired) electrons. The first-order valence-corrected chi connectivity index (χ1v) is 8.14. The lowest BCUT2D eigenvalue weighted by Gasteiger charge is -2.18. The van der Waals surface area contributed by atoms with Crippen LogP contribution in [0.3, 0.4) is 0 Å². The number of nitrogens with one attached hydrogen (secondary N) is 1. The highest BCUT2D eigenvalue weighted by Gasteiger charge is 2.22. The zero-order valence-electron chi connectivity index (χ0n) is 14.0. The van der Waals surface area contributed by atoms with Crippen molar-refractivity contribution >= 4 is 17.8 Å². The number of hydrogen-bond donors (Lipinski definition) is 1. The zero-order valence-corrected chi connectivity index (χ0v) is 14.0. The van der Waals surface area contributed by atoms with Gasteiger partial charge in [-0.25, -0.2) is 0 Å². The van der Waals surface area contributed by atoms with Gasteiger partial charge in [0.05, 0.1) is 5.56 Å². The molecule has 2 aromatic rings. The summed E-state index contributed by atoms with van der Waals surface area (Å²) in [6, 6.07) is 14.5. The molecule has 0 aromatic heterocycles. The van der Waals surface area contributed by atoms with Crippen molar-refractivity contribution in [3.63, 3.8) is 0 Å². The number of hydrogen-bond acceptors (Lipinski definition) is 4. The maximum atomic E-state index is 12.5. The van der Waals surface area contributed by atoms with E-state index in [2.05, 4.69) is 5.32 Å². The summed E-state index contributed by atoms with van der Waals surface area (Å²) in [5.74, 6) is 1.06. The molecule has 3 rings (SSSR count). The van der Waals surface area contributed by atoms with Crippen LogP contribution in [-0.4, -0.2) is 31.4 Å². The summed E-state index contributed by atoms with van der Waals surface area (Å²) in [5, 5.41) is 2.67. The fourth-order valence-corrected chi connectivity index (χ4v) is 2.54. The van der Waals surface area contributed by atoms with E-state index >= 15 is 0 Å². The molecule has 0 bridgehead atoms. The lowest BCUT2D eigenvalue weighted by molar-refractivity contribution is -0.122. The Labute approximate surface area is 146 Å². The molecule has 0 saturated carbocycles. The Bertz CT molecular complexity index is 809. The highest BCUT2D eigenvalue weighted by atomic mass is 16.5. The van der Waals surface area contributed by atoms with Gasteiger partial charge in [0.1, 0.15) is 18.1 Å². The molecule has 25 heavy (non-hydrogen) atoms. The van der Waals surface area contributed by atoms with Gasteiger partial charge in [-0.3, -0.25) is 9.59 Å². The van der Waals surface area contributed by atoms with Crippen LogP contribution in [-0.2, 0) is 4.79 Å². The molecule has 0 spiro atoms. The third kappa shape index (κ3) is 4.07. The summed E-state index contributed by atoms with van der Waals surface area (Å²) in [6.45, 7) is 2.67. The predicted molar refractivity (Wildman–Crippen MR) is 94.9 cm³/mol. The first-order chi connectivity index (χ1) is 12.2. The summed E-state index contributed by atoms with van der Waals surface area (Å²) in [6.07, 6.45) is 1.81. The van der Waals surface area contributed by atoms with Gasteiger partial charge < -0.3 is 14.8 Å². The van der Waals surface area contributed by atoms with Crippen molar-refractivity contribution in [2.24, 2.45) is 0 Å². The van der Waals surface area contributed by atoms with Gasteiger partial charge in [0.25, 0.3) is 5.91 Å². The summed E-state index contributed by atoms with van der Waals surface area (Å²) in [5.41, 5.74) is 2.06. The largest absolute Gasteiger partial charge is 0.488 e. The number of rotatable bonds is 5. The van der Waals surface area contributed by atoms with Crippen LogP contribution >= 0.6 is 0 Å². The minimum atomic E-state index is -0.155. The predicted octanol–water partition coefficient (Wildman–Crippen LogP) is 2.86. The topological polar surface area (TPSA) is 64.6 Å². The SMILES string of the molecule is CCNC(=O)COc1ccc(/C=C2/COc3ccccc3C2=O)cc1. The van der Waals surface area contributed by atoms with Crippen molar-refractivity contribution in [3.8, 4) is 11.5 Å². The smallest absolute Gasteiger partial charge is 0.257 e. The zero-order chi connectivity index (χ0) is 17.6. The van der Waals surface area contributed by atoms with Gasteiger partial charge in [-0.2, -0.15) is 0 Å². The molecule has 1 amide bonds. The van der Waals surface area contributed by atoms with Crippen LogP contribution < -0.4 is 14.8 Å². The van der Waals surface area contributed by atoms with Crippen molar-refractivity contribution in [1.29, 1.82) is 0 Å². The summed E-state index contributed by atoms with van der Waals surface area (Å²) in [7, 11) is 0. The number of likely N-dealkylation sites (N-methyl/N-ethyl adjacent to an activating group) is 1. The fraction of sp³-hybridized carbons (Fsp3) is 0.200. The fourth-order valence-electron chi connectivity index (χ4n) is 2.54. The van der Waals surface area contributed by atoms with Gasteiger partial charge in [0.15, 0.2) is 12.4 Å². The van der Waals surface area contributed by atoms with E-state index in [0.717, 1.165) is 5.56 Å². The number of amides is 1. The molecule has 5 heteroatoms. The third-order valence-electron chi connectivity index (χ3n) is 3.77. The quantitative estimate of drug-likeness (QED) is 0.852. The third-order valence-corrected chi connectivity index (χ3v) is 3.77. The van der Waals surface area contributed by atoms with E-state index in [1.54, 1.807) is 24.3 Å². The van der Waals surface area contributed by atoms with E-state index in [-0.39, 0.29) is 24.9 Å². The lowest BCUT2D eigenvalue weighted by Crippen LogP contribution is -2.28. The van der Waals surface area contributed by atoms with Crippen LogP contribution in [0.25, 0.3) is 6.08 Å². The maximum Gasteiger partial charge on any atom is 0.257 e. The Morgan fingerprint density at radius 2 is 1.96 bits per heavy atom. The number of ether oxygens (including phenoxy) is 2. The molecule has 1 aliphatic rings. The van der Waals surface area contributed by atoms with Crippen molar-refractivity contribution in [1.82, 2.24) is 5.32 Å². The molecule has 128 valence electrons. The minimum Gasteiger partial charge on any atom is -0.488 e. The number of carbonyl (C=O) groups excluding carboxylic acids is 2. The van der Waals surface area contributed by atoms with E-state index < -0.39 is 0 Å². The summed E-state index contributed by atoms with van der Waals surface area (Å²) in [4.78, 5) is 23.9. The molecular formula is C20H19NO4. The van der Waals surface area contributed by atoms with Gasteiger partial charge in [-0.05, 0) is 42.8 Å². The molecule has 0 unspecified atom stereocenters. The van der Waals surface area contributed by atoms with Crippen LogP contribution in [0.5, 0.6) is 11.5 Å². The van der Waals surface area contributed by atoms with Crippen molar-refractivity contribution in [2.45, 2.75) is 6.92 Å². The van der Waals surface area contributed by atoms with E-state index in [1.165, 1.54) is 0 Å². The van der Waals surface area contributed by atoms with Gasteiger partial charge in [0.2, 0.25) is 0 Å². The van der Waals surface area contributed by atoms with Crippen molar-refractivity contribution < 1.29 is 19.1 Å². The van der Waals surface area contributed by atoms with Gasteiger partial charge in [-0.15, -0.1) is 0 Å². The van der Waals surface area contributed by atoms with Crippen LogP contribution in [0.4, 0.5) is 0 Å². The first kappa shape index (κ1) is 16.8. The Balaban J connectivity index is 1.68. The van der Waals surface area contributed by atoms with Crippen LogP contribution in [0.1, 0.15) is 22.8 Å². The molecule has 0 saturated heterocycles. The standard InChI is InChI=1S/C20H19NO4/c1-2-21-19(22)13-24-16-9-7-14(8-10-16)11-15-12-25-18-6-4-3-5-17(18)20(15)23/h3-11H,2,12-13H2,1H3,(H,21,22)/b15-11-. The van der Waals surface area contributed by atoms with E-state index in [0.29, 0.717) is 29.2 Å². The second-order valence-corrected chi connectivity index (χ2v) is 5.59. The molecule has 2 aromatic carbocycles. The van der Waals surface area contributed by atoms with E-state index in [9.17, 15) is 9.59 Å². The molecule has 0 aliphatic carbocycles. The number of benzene rings is 2. The Hall–Kier alpha value is -3.08. The summed E-state index contributed by atoms with van der Waals surface area (Å²) < 4.78 is 11.0. The normalized spacial score (nSPS) is 14.6. The van der Waals surface area contributed by atoms with Gasteiger partial charge in [0, 0.05) is 12.1 Å². The molecule has 0 atom stereocenters. The van der Waals surface area contributed by atoms with Gasteiger partial charge in [-0.1, -0.05) is 24.3 Å². The van der Waals surface area contributed by atoms with Crippen LogP contribution in [0.15, 0.2) is 54.1 Å². The van der Waals surface area contributed by atoms with E-state index in [1.807, 2.05) is 37.3 Å². The Morgan fingerprint density at radius 3 is 2.72 bits per heavy atom. The molecule has 1 N–H and O–H groups in total. The van der Waals surface area contributed by atoms with Crippen molar-refractivity contribution in [3.05, 3.63) is 65.2 Å². The average molecular weight is 337 g/mol. The number of carbonyl (C=O) groups is 2. The molecule has 0 fully saturated rings. The number of ketones is 1. The molecule has 1 aliphatic heterocycles. The van der Waals surface area contributed by atoms with Crippen LogP contribution in [0, 0.1) is 0 Å². The molecule has 5 nitrogen and oxygen atoms in total. The second kappa shape index (κ2) is 7.66. The monoisotopic (exact) mass is 337 g/mol. The van der Waals surface area contributed by atoms with E-state index in [4.69, 9.17) is 9.47 Å². The second-order valence-electron chi connectivity index (χ2n) is 5.59. The summed E-state index contributed by atoms with van der Waals surface area (Å²) >= 11 is 0. The van der Waals surface area contributed by atoms with Crippen molar-refractivity contribution in [2.75, 3.05) is 19.8 Å². The molecular weight excluding hydrogens is 318 g/mol. The minimum absolute atomic E-state index is 0.0154. The lowest BCUT2D eigenvalue weighted by atomic mass is 9.98. The number of Topliss-reactive ketones (excluding diaryl/α,β-unsaturated/α-hetero) is 1. The average Bonchev–Trinajstić information content (AvgIpc) is 2.64. The molecule has 1 heterocycles. The highest BCUT2D eigenvalue weighted by Crippen LogP contribution is 2.27. The number of fused-ring (bicyclic) bond motifs is 1. The first-order valence-electron chi connectivity index (χ1n) is 8.14. The van der Waals surface area contributed by atoms with Crippen LogP contribution in [0.2, 0.25) is 0 Å². The Morgan fingerprint density at radius 1 is 1.20 bits per heavy atom.